The summed E-state index contributed by atoms with van der Waals surface area (Å²) in [5.74, 6) is 0. The Kier molecular flexibility index (Phi) is 4.63. The highest BCUT2D eigenvalue weighted by Crippen LogP contribution is 2.32. The fourth-order valence-electron chi connectivity index (χ4n) is 3.18. The molecule has 0 bridgehead atoms. The maximum atomic E-state index is 11.4. The second-order valence-corrected chi connectivity index (χ2v) is 7.89. The van der Waals surface area contributed by atoms with Crippen LogP contribution >= 0.6 is 0 Å². The smallest absolute Gasteiger partial charge is 0.295 e. The average Bonchev–Trinajstić information content (AvgIpc) is 2.96. The fourth-order valence-corrected chi connectivity index (χ4v) is 3.18. The van der Waals surface area contributed by atoms with Crippen LogP contribution in [0.25, 0.3) is 10.9 Å². The van der Waals surface area contributed by atoms with E-state index in [9.17, 15) is 10.1 Å². The van der Waals surface area contributed by atoms with Gasteiger partial charge in [0.1, 0.15) is 0 Å². The topological polar surface area (TPSA) is 85.9 Å². The van der Waals surface area contributed by atoms with Crippen molar-refractivity contribution >= 4 is 22.3 Å². The maximum absolute atomic E-state index is 11.4. The van der Waals surface area contributed by atoms with Gasteiger partial charge >= 0.3 is 0 Å². The molecule has 3 rings (SSSR count). The quantitative estimate of drug-likeness (QED) is 0.524. The SMILES string of the molecule is Cc1cc(NC(C)c2cn(C(C)(C)C)nc2C)c2cccc([N+](=O)[O-])c2n1. The zero-order chi connectivity index (χ0) is 19.9. The van der Waals surface area contributed by atoms with Crippen LogP contribution in [0.4, 0.5) is 11.4 Å². The molecule has 0 saturated carbocycles. The Morgan fingerprint density at radius 2 is 1.96 bits per heavy atom. The minimum atomic E-state index is -0.389. The Morgan fingerprint density at radius 3 is 2.56 bits per heavy atom. The van der Waals surface area contributed by atoms with Crippen LogP contribution in [0.5, 0.6) is 0 Å². The van der Waals surface area contributed by atoms with Crippen LogP contribution in [0, 0.1) is 24.0 Å². The highest BCUT2D eigenvalue weighted by Gasteiger charge is 2.21. The summed E-state index contributed by atoms with van der Waals surface area (Å²) >= 11 is 0. The first-order chi connectivity index (χ1) is 12.6. The molecule has 2 aromatic heterocycles. The van der Waals surface area contributed by atoms with Gasteiger partial charge in [-0.1, -0.05) is 12.1 Å². The number of hydrogen-bond donors (Lipinski definition) is 1. The van der Waals surface area contributed by atoms with Gasteiger partial charge in [-0.05, 0) is 47.6 Å². The lowest BCUT2D eigenvalue weighted by molar-refractivity contribution is -0.383. The number of non-ortho nitro benzene ring substituents is 1. The number of fused-ring (bicyclic) bond motifs is 1. The molecule has 0 radical (unpaired) electrons. The molecule has 0 fully saturated rings. The fraction of sp³-hybridized carbons (Fsp3) is 0.400. The van der Waals surface area contributed by atoms with Gasteiger partial charge in [-0.25, -0.2) is 4.98 Å². The van der Waals surface area contributed by atoms with Crippen LogP contribution in [0.3, 0.4) is 0 Å². The van der Waals surface area contributed by atoms with Crippen molar-refractivity contribution in [3.8, 4) is 0 Å². The van der Waals surface area contributed by atoms with Crippen molar-refractivity contribution in [2.75, 3.05) is 5.32 Å². The molecule has 1 unspecified atom stereocenters. The van der Waals surface area contributed by atoms with E-state index in [4.69, 9.17) is 0 Å². The summed E-state index contributed by atoms with van der Waals surface area (Å²) in [5, 5.41) is 20.2. The third-order valence-corrected chi connectivity index (χ3v) is 4.61. The molecule has 7 nitrogen and oxygen atoms in total. The van der Waals surface area contributed by atoms with E-state index in [0.29, 0.717) is 5.52 Å². The first kappa shape index (κ1) is 18.8. The number of aromatic nitrogens is 3. The predicted octanol–water partition coefficient (Wildman–Crippen LogP) is 4.88. The molecule has 27 heavy (non-hydrogen) atoms. The van der Waals surface area contributed by atoms with Crippen molar-refractivity contribution in [3.05, 3.63) is 57.5 Å². The lowest BCUT2D eigenvalue weighted by atomic mass is 10.1. The van der Waals surface area contributed by atoms with Crippen LogP contribution in [-0.2, 0) is 5.54 Å². The lowest BCUT2D eigenvalue weighted by Gasteiger charge is -2.19. The van der Waals surface area contributed by atoms with Crippen molar-refractivity contribution in [2.45, 2.75) is 53.1 Å². The number of para-hydroxylation sites is 1. The molecular formula is C20H25N5O2. The summed E-state index contributed by atoms with van der Waals surface area (Å²) in [7, 11) is 0. The molecule has 0 aliphatic rings. The van der Waals surface area contributed by atoms with Crippen LogP contribution in [-0.4, -0.2) is 19.7 Å². The molecule has 0 aliphatic heterocycles. The molecule has 0 amide bonds. The second kappa shape index (κ2) is 6.64. The molecule has 7 heteroatoms. The lowest BCUT2D eigenvalue weighted by Crippen LogP contribution is -2.22. The number of nitrogens with one attached hydrogen (secondary N) is 1. The van der Waals surface area contributed by atoms with Gasteiger partial charge in [0, 0.05) is 34.6 Å². The van der Waals surface area contributed by atoms with E-state index in [1.807, 2.05) is 30.7 Å². The molecule has 142 valence electrons. The average molecular weight is 367 g/mol. The molecule has 1 atom stereocenters. The molecule has 3 aromatic rings. The summed E-state index contributed by atoms with van der Waals surface area (Å²) in [6.45, 7) is 12.2. The number of nitro groups is 1. The Balaban J connectivity index is 2.03. The van der Waals surface area contributed by atoms with Gasteiger partial charge in [0.15, 0.2) is 5.52 Å². The molecule has 0 saturated heterocycles. The second-order valence-electron chi connectivity index (χ2n) is 7.89. The highest BCUT2D eigenvalue weighted by atomic mass is 16.6. The summed E-state index contributed by atoms with van der Waals surface area (Å²) < 4.78 is 1.97. The predicted molar refractivity (Wildman–Crippen MR) is 107 cm³/mol. The van der Waals surface area contributed by atoms with Crippen molar-refractivity contribution in [3.63, 3.8) is 0 Å². The van der Waals surface area contributed by atoms with Gasteiger partial charge in [-0.2, -0.15) is 5.10 Å². The molecule has 0 spiro atoms. The van der Waals surface area contributed by atoms with E-state index in [-0.39, 0.29) is 22.2 Å². The Bertz CT molecular complexity index is 1020. The monoisotopic (exact) mass is 367 g/mol. The van der Waals surface area contributed by atoms with Crippen molar-refractivity contribution in [2.24, 2.45) is 0 Å². The first-order valence-electron chi connectivity index (χ1n) is 8.96. The van der Waals surface area contributed by atoms with E-state index in [1.54, 1.807) is 6.07 Å². The van der Waals surface area contributed by atoms with Gasteiger partial charge in [0.2, 0.25) is 0 Å². The van der Waals surface area contributed by atoms with Crippen molar-refractivity contribution in [1.82, 2.24) is 14.8 Å². The summed E-state index contributed by atoms with van der Waals surface area (Å²) in [6, 6.07) is 6.95. The molecular weight excluding hydrogens is 342 g/mol. The number of nitrogens with zero attached hydrogens (tertiary/aromatic N) is 4. The van der Waals surface area contributed by atoms with E-state index >= 15 is 0 Å². The van der Waals surface area contributed by atoms with E-state index in [1.165, 1.54) is 6.07 Å². The van der Waals surface area contributed by atoms with E-state index in [2.05, 4.69) is 49.3 Å². The normalized spacial score (nSPS) is 13.0. The Morgan fingerprint density at radius 1 is 1.26 bits per heavy atom. The third kappa shape index (κ3) is 3.63. The number of aryl methyl sites for hydroxylation is 2. The number of pyridine rings is 1. The molecule has 1 aromatic carbocycles. The van der Waals surface area contributed by atoms with Gasteiger partial charge in [0.05, 0.1) is 22.2 Å². The number of anilines is 1. The largest absolute Gasteiger partial charge is 0.378 e. The minimum absolute atomic E-state index is 0.00892. The van der Waals surface area contributed by atoms with Gasteiger partial charge in [0.25, 0.3) is 5.69 Å². The third-order valence-electron chi connectivity index (χ3n) is 4.61. The van der Waals surface area contributed by atoms with Crippen LogP contribution in [0.2, 0.25) is 0 Å². The van der Waals surface area contributed by atoms with Crippen LogP contribution < -0.4 is 5.32 Å². The number of hydrogen-bond acceptors (Lipinski definition) is 5. The maximum Gasteiger partial charge on any atom is 0.295 e. The van der Waals surface area contributed by atoms with Gasteiger partial charge < -0.3 is 5.32 Å². The highest BCUT2D eigenvalue weighted by molar-refractivity contribution is 5.96. The summed E-state index contributed by atoms with van der Waals surface area (Å²) in [5.41, 5.74) is 3.95. The molecule has 1 N–H and O–H groups in total. The molecule has 0 aliphatic carbocycles. The van der Waals surface area contributed by atoms with E-state index < -0.39 is 0 Å². The Labute approximate surface area is 158 Å². The van der Waals surface area contributed by atoms with Gasteiger partial charge in [-0.15, -0.1) is 0 Å². The van der Waals surface area contributed by atoms with Crippen LogP contribution in [0.15, 0.2) is 30.5 Å². The minimum Gasteiger partial charge on any atom is -0.378 e. The van der Waals surface area contributed by atoms with Gasteiger partial charge in [-0.3, -0.25) is 14.8 Å². The van der Waals surface area contributed by atoms with Crippen LogP contribution in [0.1, 0.15) is 50.7 Å². The summed E-state index contributed by atoms with van der Waals surface area (Å²) in [6.07, 6.45) is 2.06. The number of nitro benzene ring substituents is 1. The zero-order valence-corrected chi connectivity index (χ0v) is 16.6. The Hall–Kier alpha value is -2.96. The zero-order valence-electron chi connectivity index (χ0n) is 16.6. The van der Waals surface area contributed by atoms with Crippen molar-refractivity contribution < 1.29 is 4.92 Å². The first-order valence-corrected chi connectivity index (χ1v) is 8.96. The number of rotatable bonds is 4. The molecule has 2 heterocycles. The summed E-state index contributed by atoms with van der Waals surface area (Å²) in [4.78, 5) is 15.4. The standard InChI is InChI=1S/C20H25N5O2/c1-12-10-17(15-8-7-9-18(25(26)27)19(15)21-12)22-13(2)16-11-24(20(4,5)6)23-14(16)3/h7-11,13H,1-6H3,(H,21,22). The van der Waals surface area contributed by atoms with Crippen molar-refractivity contribution in [1.29, 1.82) is 0 Å². The van der Waals surface area contributed by atoms with E-state index in [0.717, 1.165) is 28.0 Å². The number of benzene rings is 1.